The number of carbonyl (C=O) groups excluding carboxylic acids is 1. The maximum atomic E-state index is 12.1. The molecule has 2 heterocycles. The van der Waals surface area contributed by atoms with Gasteiger partial charge in [-0.15, -0.1) is 0 Å². The number of aromatic nitrogens is 1. The van der Waals surface area contributed by atoms with Crippen molar-refractivity contribution < 1.29 is 4.79 Å². The molecule has 1 aliphatic rings. The molecule has 104 valence electrons. The van der Waals surface area contributed by atoms with E-state index in [-0.39, 0.29) is 5.91 Å². The van der Waals surface area contributed by atoms with Crippen molar-refractivity contribution in [2.24, 2.45) is 11.8 Å². The summed E-state index contributed by atoms with van der Waals surface area (Å²) in [5, 5.41) is 6.36. The Bertz CT molecular complexity index is 427. The molecule has 4 heteroatoms. The molecule has 2 rings (SSSR count). The Kier molecular flexibility index (Phi) is 4.91. The lowest BCUT2D eigenvalue weighted by molar-refractivity contribution is -0.117. The van der Waals surface area contributed by atoms with Crippen LogP contribution in [0.25, 0.3) is 0 Å². The van der Waals surface area contributed by atoms with Crippen LogP contribution in [-0.4, -0.2) is 24.0 Å². The predicted molar refractivity (Wildman–Crippen MR) is 77.0 cm³/mol. The number of rotatable bonds is 4. The molecule has 0 aromatic carbocycles. The molecule has 2 unspecified atom stereocenters. The van der Waals surface area contributed by atoms with Gasteiger partial charge in [-0.25, -0.2) is 0 Å². The van der Waals surface area contributed by atoms with E-state index in [0.717, 1.165) is 24.3 Å². The standard InChI is InChI=1S/C15H23N3O/c1-11-5-7-17-10-14(11)18-15(19)8-12(2)13-4-3-6-16-9-13/h5,7,10,12-13,16H,3-4,6,8-9H2,1-2H3,(H,18,19). The van der Waals surface area contributed by atoms with Gasteiger partial charge in [0.25, 0.3) is 0 Å². The van der Waals surface area contributed by atoms with Crippen molar-refractivity contribution >= 4 is 11.6 Å². The molecule has 1 amide bonds. The SMILES string of the molecule is Cc1ccncc1NC(=O)CC(C)C1CCCNC1. The fourth-order valence-electron chi connectivity index (χ4n) is 2.62. The Labute approximate surface area is 115 Å². The number of carbonyl (C=O) groups is 1. The van der Waals surface area contributed by atoms with E-state index < -0.39 is 0 Å². The molecule has 0 bridgehead atoms. The second-order valence-electron chi connectivity index (χ2n) is 5.53. The minimum Gasteiger partial charge on any atom is -0.325 e. The van der Waals surface area contributed by atoms with Crippen LogP contribution in [-0.2, 0) is 4.79 Å². The number of amides is 1. The van der Waals surface area contributed by atoms with E-state index >= 15 is 0 Å². The fraction of sp³-hybridized carbons (Fsp3) is 0.600. The third kappa shape index (κ3) is 4.03. The number of hydrogen-bond donors (Lipinski definition) is 2. The van der Waals surface area contributed by atoms with Crippen LogP contribution < -0.4 is 10.6 Å². The van der Waals surface area contributed by atoms with Crippen LogP contribution in [0.5, 0.6) is 0 Å². The summed E-state index contributed by atoms with van der Waals surface area (Å²) < 4.78 is 0. The van der Waals surface area contributed by atoms with E-state index in [1.807, 2.05) is 13.0 Å². The largest absolute Gasteiger partial charge is 0.325 e. The van der Waals surface area contributed by atoms with E-state index in [0.29, 0.717) is 18.3 Å². The highest BCUT2D eigenvalue weighted by atomic mass is 16.1. The Morgan fingerprint density at radius 1 is 1.63 bits per heavy atom. The Balaban J connectivity index is 1.85. The van der Waals surface area contributed by atoms with Gasteiger partial charge in [-0.2, -0.15) is 0 Å². The minimum atomic E-state index is 0.0918. The van der Waals surface area contributed by atoms with E-state index in [1.165, 1.54) is 12.8 Å². The highest BCUT2D eigenvalue weighted by Gasteiger charge is 2.22. The van der Waals surface area contributed by atoms with Crippen molar-refractivity contribution in [1.29, 1.82) is 0 Å². The van der Waals surface area contributed by atoms with Crippen LogP contribution in [0.15, 0.2) is 18.5 Å². The van der Waals surface area contributed by atoms with Crippen molar-refractivity contribution in [1.82, 2.24) is 10.3 Å². The normalized spacial score (nSPS) is 20.8. The molecule has 2 N–H and O–H groups in total. The summed E-state index contributed by atoms with van der Waals surface area (Å²) in [5.41, 5.74) is 1.87. The van der Waals surface area contributed by atoms with Crippen molar-refractivity contribution in [2.75, 3.05) is 18.4 Å². The highest BCUT2D eigenvalue weighted by Crippen LogP contribution is 2.23. The molecule has 0 aliphatic carbocycles. The summed E-state index contributed by atoms with van der Waals surface area (Å²) in [6.45, 7) is 6.31. The van der Waals surface area contributed by atoms with Gasteiger partial charge in [0, 0.05) is 12.6 Å². The summed E-state index contributed by atoms with van der Waals surface area (Å²) in [6.07, 6.45) is 6.48. The molecule has 0 saturated carbocycles. The van der Waals surface area contributed by atoms with Gasteiger partial charge in [-0.05, 0) is 56.3 Å². The first kappa shape index (κ1) is 14.0. The quantitative estimate of drug-likeness (QED) is 0.874. The Morgan fingerprint density at radius 3 is 3.16 bits per heavy atom. The average molecular weight is 261 g/mol. The summed E-state index contributed by atoms with van der Waals surface area (Å²) in [5.74, 6) is 1.13. The van der Waals surface area contributed by atoms with E-state index in [1.54, 1.807) is 12.4 Å². The second kappa shape index (κ2) is 6.66. The number of piperidine rings is 1. The van der Waals surface area contributed by atoms with Gasteiger partial charge in [0.15, 0.2) is 0 Å². The van der Waals surface area contributed by atoms with Crippen molar-refractivity contribution in [3.8, 4) is 0 Å². The summed E-state index contributed by atoms with van der Waals surface area (Å²) >= 11 is 0. The topological polar surface area (TPSA) is 54.0 Å². The number of nitrogens with zero attached hydrogens (tertiary/aromatic N) is 1. The van der Waals surface area contributed by atoms with Gasteiger partial charge in [0.1, 0.15) is 0 Å². The van der Waals surface area contributed by atoms with E-state index in [9.17, 15) is 4.79 Å². The first-order valence-corrected chi connectivity index (χ1v) is 7.08. The lowest BCUT2D eigenvalue weighted by atomic mass is 9.85. The van der Waals surface area contributed by atoms with Gasteiger partial charge in [-0.1, -0.05) is 6.92 Å². The van der Waals surface area contributed by atoms with Crippen LogP contribution in [0, 0.1) is 18.8 Å². The Morgan fingerprint density at radius 2 is 2.47 bits per heavy atom. The zero-order chi connectivity index (χ0) is 13.7. The van der Waals surface area contributed by atoms with Crippen LogP contribution in [0.3, 0.4) is 0 Å². The van der Waals surface area contributed by atoms with Crippen LogP contribution >= 0.6 is 0 Å². The van der Waals surface area contributed by atoms with Gasteiger partial charge in [0.05, 0.1) is 11.9 Å². The van der Waals surface area contributed by atoms with Crippen molar-refractivity contribution in [3.63, 3.8) is 0 Å². The molecule has 1 saturated heterocycles. The molecule has 0 spiro atoms. The Hall–Kier alpha value is -1.42. The first-order chi connectivity index (χ1) is 9.16. The lowest BCUT2D eigenvalue weighted by Gasteiger charge is -2.28. The molecule has 1 aromatic rings. The van der Waals surface area contributed by atoms with Crippen molar-refractivity contribution in [2.45, 2.75) is 33.1 Å². The van der Waals surface area contributed by atoms with Crippen LogP contribution in [0.2, 0.25) is 0 Å². The molecular formula is C15H23N3O. The third-order valence-electron chi connectivity index (χ3n) is 3.96. The maximum absolute atomic E-state index is 12.1. The van der Waals surface area contributed by atoms with Gasteiger partial charge >= 0.3 is 0 Å². The minimum absolute atomic E-state index is 0.0918. The zero-order valence-corrected chi connectivity index (χ0v) is 11.8. The van der Waals surface area contributed by atoms with E-state index in [2.05, 4.69) is 22.5 Å². The smallest absolute Gasteiger partial charge is 0.224 e. The maximum Gasteiger partial charge on any atom is 0.224 e. The predicted octanol–water partition coefficient (Wildman–Crippen LogP) is 2.35. The number of hydrogen-bond acceptors (Lipinski definition) is 3. The molecular weight excluding hydrogens is 238 g/mol. The molecule has 4 nitrogen and oxygen atoms in total. The summed E-state index contributed by atoms with van der Waals surface area (Å²) in [6, 6.07) is 1.91. The van der Waals surface area contributed by atoms with Gasteiger partial charge in [-0.3, -0.25) is 9.78 Å². The molecule has 1 fully saturated rings. The summed E-state index contributed by atoms with van der Waals surface area (Å²) in [4.78, 5) is 16.1. The molecule has 0 radical (unpaired) electrons. The monoisotopic (exact) mass is 261 g/mol. The average Bonchev–Trinajstić information content (AvgIpc) is 2.42. The third-order valence-corrected chi connectivity index (χ3v) is 3.96. The van der Waals surface area contributed by atoms with Gasteiger partial charge < -0.3 is 10.6 Å². The first-order valence-electron chi connectivity index (χ1n) is 7.08. The summed E-state index contributed by atoms with van der Waals surface area (Å²) in [7, 11) is 0. The number of pyridine rings is 1. The van der Waals surface area contributed by atoms with Crippen LogP contribution in [0.1, 0.15) is 31.7 Å². The zero-order valence-electron chi connectivity index (χ0n) is 11.8. The van der Waals surface area contributed by atoms with Crippen molar-refractivity contribution in [3.05, 3.63) is 24.0 Å². The van der Waals surface area contributed by atoms with Gasteiger partial charge in [0.2, 0.25) is 5.91 Å². The molecule has 2 atom stereocenters. The lowest BCUT2D eigenvalue weighted by Crippen LogP contribution is -2.34. The molecule has 1 aliphatic heterocycles. The second-order valence-corrected chi connectivity index (χ2v) is 5.53. The molecule has 19 heavy (non-hydrogen) atoms. The number of anilines is 1. The number of nitrogens with one attached hydrogen (secondary N) is 2. The molecule has 1 aromatic heterocycles. The number of aryl methyl sites for hydroxylation is 1. The van der Waals surface area contributed by atoms with E-state index in [4.69, 9.17) is 0 Å². The highest BCUT2D eigenvalue weighted by molar-refractivity contribution is 5.91. The van der Waals surface area contributed by atoms with Crippen LogP contribution in [0.4, 0.5) is 5.69 Å². The fourth-order valence-corrected chi connectivity index (χ4v) is 2.62.